The van der Waals surface area contributed by atoms with Crippen molar-refractivity contribution in [1.82, 2.24) is 10.2 Å². The number of thiophene rings is 1. The molecule has 0 spiro atoms. The van der Waals surface area contributed by atoms with Crippen molar-refractivity contribution >= 4 is 23.2 Å². The van der Waals surface area contributed by atoms with E-state index in [1.807, 2.05) is 30.3 Å². The second-order valence-corrected chi connectivity index (χ2v) is 9.09. The quantitative estimate of drug-likeness (QED) is 0.590. The van der Waals surface area contributed by atoms with Gasteiger partial charge in [0.2, 0.25) is 12.0 Å². The zero-order valence-corrected chi connectivity index (χ0v) is 18.5. The van der Waals surface area contributed by atoms with Crippen LogP contribution in [-0.2, 0) is 26.4 Å². The molecule has 0 aliphatic carbocycles. The summed E-state index contributed by atoms with van der Waals surface area (Å²) in [5.74, 6) is -0.477. The summed E-state index contributed by atoms with van der Waals surface area (Å²) in [6.45, 7) is 1.32. The fourth-order valence-corrected chi connectivity index (χ4v) is 4.81. The van der Waals surface area contributed by atoms with Crippen LogP contribution in [-0.4, -0.2) is 61.3 Å². The Morgan fingerprint density at radius 3 is 2.67 bits per heavy atom. The van der Waals surface area contributed by atoms with Gasteiger partial charge in [0.25, 0.3) is 5.91 Å². The number of hydrogen-bond donors (Lipinski definition) is 2. The lowest BCUT2D eigenvalue weighted by atomic mass is 10.1. The normalized spacial score (nSPS) is 25.0. The Hall–Kier alpha value is -2.47. The minimum absolute atomic E-state index is 0.0195. The number of epoxide rings is 1. The van der Waals surface area contributed by atoms with E-state index in [1.54, 1.807) is 4.90 Å². The number of ether oxygens (including phenoxy) is 2. The van der Waals surface area contributed by atoms with Gasteiger partial charge in [-0.15, -0.1) is 11.3 Å². The van der Waals surface area contributed by atoms with Crippen molar-refractivity contribution in [2.45, 2.75) is 36.9 Å². The third-order valence-electron chi connectivity index (χ3n) is 5.67. The van der Waals surface area contributed by atoms with Gasteiger partial charge >= 0.3 is 6.18 Å². The minimum Gasteiger partial charge on any atom is -0.377 e. The van der Waals surface area contributed by atoms with Gasteiger partial charge in [0.15, 0.2) is 5.72 Å². The highest BCUT2D eigenvalue weighted by molar-refractivity contribution is 7.14. The molecule has 2 aliphatic rings. The van der Waals surface area contributed by atoms with Gasteiger partial charge in [0.1, 0.15) is 0 Å². The van der Waals surface area contributed by atoms with Crippen LogP contribution in [0.4, 0.5) is 13.2 Å². The number of amides is 2. The Bertz CT molecular complexity index is 1000. The maximum Gasteiger partial charge on any atom is 0.419 e. The second-order valence-electron chi connectivity index (χ2n) is 8.01. The van der Waals surface area contributed by atoms with E-state index in [2.05, 4.69) is 10.1 Å². The first-order valence-corrected chi connectivity index (χ1v) is 11.3. The van der Waals surface area contributed by atoms with Crippen LogP contribution in [0.5, 0.6) is 0 Å². The smallest absolute Gasteiger partial charge is 0.377 e. The van der Waals surface area contributed by atoms with Crippen LogP contribution in [0.25, 0.3) is 0 Å². The molecular formula is C22H24F3N3O4S. The minimum atomic E-state index is -4.57. The number of halogens is 3. The molecule has 7 nitrogen and oxygen atoms in total. The molecule has 2 aromatic rings. The summed E-state index contributed by atoms with van der Waals surface area (Å²) >= 11 is 0.856. The SMILES string of the molecule is N[C@]1(c2ccc(C(=O)NCC3COCCN3C(=O)CCc3ccccc3)s2)OC1C(F)(F)F. The first-order valence-electron chi connectivity index (χ1n) is 10.5. The van der Waals surface area contributed by atoms with E-state index in [-0.39, 0.29) is 28.2 Å². The molecule has 0 bridgehead atoms. The molecule has 0 radical (unpaired) electrons. The molecule has 2 unspecified atom stereocenters. The van der Waals surface area contributed by atoms with Crippen LogP contribution in [0.3, 0.4) is 0 Å². The van der Waals surface area contributed by atoms with E-state index in [1.165, 1.54) is 12.1 Å². The van der Waals surface area contributed by atoms with Gasteiger partial charge in [0.05, 0.1) is 29.0 Å². The molecule has 2 fully saturated rings. The summed E-state index contributed by atoms with van der Waals surface area (Å²) < 4.78 is 48.7. The second kappa shape index (κ2) is 9.41. The number of alkyl halides is 3. The highest BCUT2D eigenvalue weighted by Gasteiger charge is 2.69. The average Bonchev–Trinajstić information content (AvgIpc) is 3.28. The van der Waals surface area contributed by atoms with E-state index in [0.29, 0.717) is 32.6 Å². The maximum atomic E-state index is 12.8. The molecule has 3 heterocycles. The number of nitrogens with one attached hydrogen (secondary N) is 1. The molecule has 1 aromatic heterocycles. The van der Waals surface area contributed by atoms with E-state index in [9.17, 15) is 22.8 Å². The number of hydrogen-bond acceptors (Lipinski definition) is 6. The Kier molecular flexibility index (Phi) is 6.76. The van der Waals surface area contributed by atoms with E-state index >= 15 is 0 Å². The Balaban J connectivity index is 1.31. The third-order valence-corrected chi connectivity index (χ3v) is 6.89. The van der Waals surface area contributed by atoms with Gasteiger partial charge in [-0.05, 0) is 24.1 Å². The van der Waals surface area contributed by atoms with Crippen LogP contribution in [0.1, 0.15) is 26.5 Å². The predicted molar refractivity (Wildman–Crippen MR) is 115 cm³/mol. The zero-order chi connectivity index (χ0) is 23.6. The van der Waals surface area contributed by atoms with E-state index < -0.39 is 23.9 Å². The van der Waals surface area contributed by atoms with Crippen molar-refractivity contribution in [3.8, 4) is 0 Å². The van der Waals surface area contributed by atoms with Crippen molar-refractivity contribution < 1.29 is 32.2 Å². The largest absolute Gasteiger partial charge is 0.419 e. The van der Waals surface area contributed by atoms with Crippen LogP contribution in [0, 0.1) is 0 Å². The van der Waals surface area contributed by atoms with Crippen molar-refractivity contribution in [2.75, 3.05) is 26.3 Å². The van der Waals surface area contributed by atoms with Crippen molar-refractivity contribution in [1.29, 1.82) is 0 Å². The molecule has 2 saturated heterocycles. The number of nitrogens with two attached hydrogens (primary N) is 1. The summed E-state index contributed by atoms with van der Waals surface area (Å²) in [4.78, 5) is 27.4. The van der Waals surface area contributed by atoms with Gasteiger partial charge in [-0.25, -0.2) is 0 Å². The first kappa shape index (κ1) is 23.7. The molecule has 1 aromatic carbocycles. The highest BCUT2D eigenvalue weighted by atomic mass is 32.1. The fraction of sp³-hybridized carbons (Fsp3) is 0.455. The lowest BCUT2D eigenvalue weighted by molar-refractivity contribution is -0.147. The summed E-state index contributed by atoms with van der Waals surface area (Å²) in [6.07, 6.45) is -5.68. The number of morpholine rings is 1. The number of nitrogens with zero attached hydrogens (tertiary/aromatic N) is 1. The van der Waals surface area contributed by atoms with Gasteiger partial charge in [-0.3, -0.25) is 15.3 Å². The molecule has 3 atom stereocenters. The summed E-state index contributed by atoms with van der Waals surface area (Å²) in [5.41, 5.74) is 4.83. The third kappa shape index (κ3) is 5.37. The van der Waals surface area contributed by atoms with Crippen molar-refractivity contribution in [2.24, 2.45) is 5.73 Å². The average molecular weight is 484 g/mol. The Labute approximate surface area is 192 Å². The number of aryl methyl sites for hydroxylation is 1. The molecule has 33 heavy (non-hydrogen) atoms. The topological polar surface area (TPSA) is 97.2 Å². The van der Waals surface area contributed by atoms with Gasteiger partial charge < -0.3 is 19.7 Å². The van der Waals surface area contributed by atoms with Crippen LogP contribution < -0.4 is 11.1 Å². The molecule has 178 valence electrons. The van der Waals surface area contributed by atoms with E-state index in [4.69, 9.17) is 10.5 Å². The van der Waals surface area contributed by atoms with Crippen LogP contribution in [0.15, 0.2) is 42.5 Å². The zero-order valence-electron chi connectivity index (χ0n) is 17.6. The molecule has 3 N–H and O–H groups in total. The standard InChI is InChI=1S/C22H24F3N3O4S/c23-22(24,25)20-21(26,32-20)17-8-7-16(33-17)19(30)27-12-15-13-31-11-10-28(15)18(29)9-6-14-4-2-1-3-5-14/h1-5,7-8,15,20H,6,9-13,26H2,(H,27,30)/t15?,20?,21-/m1/s1. The molecule has 2 aliphatic heterocycles. The monoisotopic (exact) mass is 483 g/mol. The maximum absolute atomic E-state index is 12.8. The molecule has 0 saturated carbocycles. The van der Waals surface area contributed by atoms with Gasteiger partial charge in [-0.2, -0.15) is 13.2 Å². The van der Waals surface area contributed by atoms with Gasteiger partial charge in [-0.1, -0.05) is 30.3 Å². The number of carbonyl (C=O) groups is 2. The summed E-state index contributed by atoms with van der Waals surface area (Å²) in [6, 6.07) is 12.2. The molecule has 2 amide bonds. The van der Waals surface area contributed by atoms with Crippen LogP contribution >= 0.6 is 11.3 Å². The van der Waals surface area contributed by atoms with E-state index in [0.717, 1.165) is 16.9 Å². The first-order chi connectivity index (χ1) is 15.7. The van der Waals surface area contributed by atoms with Crippen LogP contribution in [0.2, 0.25) is 0 Å². The molecular weight excluding hydrogens is 459 g/mol. The fourth-order valence-electron chi connectivity index (χ4n) is 3.82. The lowest BCUT2D eigenvalue weighted by Crippen LogP contribution is -2.53. The van der Waals surface area contributed by atoms with Crippen molar-refractivity contribution in [3.63, 3.8) is 0 Å². The Morgan fingerprint density at radius 1 is 1.21 bits per heavy atom. The summed E-state index contributed by atoms with van der Waals surface area (Å²) in [5, 5.41) is 2.75. The number of carbonyl (C=O) groups excluding carboxylic acids is 2. The lowest BCUT2D eigenvalue weighted by Gasteiger charge is -2.35. The number of benzene rings is 1. The molecule has 11 heteroatoms. The predicted octanol–water partition coefficient (Wildman–Crippen LogP) is 2.41. The Morgan fingerprint density at radius 2 is 1.97 bits per heavy atom. The molecule has 4 rings (SSSR count). The summed E-state index contributed by atoms with van der Waals surface area (Å²) in [7, 11) is 0. The van der Waals surface area contributed by atoms with Gasteiger partial charge in [0, 0.05) is 19.5 Å². The highest BCUT2D eigenvalue weighted by Crippen LogP contribution is 2.51. The van der Waals surface area contributed by atoms with Crippen molar-refractivity contribution in [3.05, 3.63) is 57.8 Å². The number of rotatable bonds is 7.